The van der Waals surface area contributed by atoms with Gasteiger partial charge in [0.2, 0.25) is 0 Å². The number of benzene rings is 1. The Hall–Kier alpha value is -2.62. The van der Waals surface area contributed by atoms with E-state index in [1.165, 1.54) is 0 Å². The second kappa shape index (κ2) is 4.94. The Morgan fingerprint density at radius 2 is 1.84 bits per heavy atom. The average molecular weight is 251 g/mol. The predicted octanol–water partition coefficient (Wildman–Crippen LogP) is 2.42. The first-order valence-corrected chi connectivity index (χ1v) is 6.08. The third-order valence-electron chi connectivity index (χ3n) is 2.91. The third-order valence-corrected chi connectivity index (χ3v) is 2.91. The number of para-hydroxylation sites is 1. The average Bonchev–Trinajstić information content (AvgIpc) is 2.82. The van der Waals surface area contributed by atoms with Crippen molar-refractivity contribution in [1.82, 2.24) is 4.98 Å². The summed E-state index contributed by atoms with van der Waals surface area (Å²) in [5.74, 6) is 0.737. The monoisotopic (exact) mass is 251 g/mol. The molecule has 0 spiro atoms. The quantitative estimate of drug-likeness (QED) is 0.911. The molecule has 1 aromatic carbocycles. The van der Waals surface area contributed by atoms with E-state index in [9.17, 15) is 4.79 Å². The number of aromatic nitrogens is 1. The van der Waals surface area contributed by atoms with Crippen molar-refractivity contribution < 1.29 is 4.79 Å². The second-order valence-electron chi connectivity index (χ2n) is 4.27. The van der Waals surface area contributed by atoms with Crippen LogP contribution in [0.3, 0.4) is 0 Å². The predicted molar refractivity (Wildman–Crippen MR) is 74.7 cm³/mol. The molecule has 3 rings (SSSR count). The number of carbonyl (C=O) groups is 1. The normalized spacial score (nSPS) is 14.4. The summed E-state index contributed by atoms with van der Waals surface area (Å²) in [6.07, 6.45) is 3.33. The zero-order chi connectivity index (χ0) is 13.1. The first-order chi connectivity index (χ1) is 9.33. The van der Waals surface area contributed by atoms with Gasteiger partial charge in [-0.05, 0) is 24.3 Å². The third kappa shape index (κ3) is 2.47. The van der Waals surface area contributed by atoms with Gasteiger partial charge in [-0.1, -0.05) is 24.3 Å². The first kappa shape index (κ1) is 11.5. The Labute approximate surface area is 111 Å². The largest absolute Gasteiger partial charge is 0.342 e. The van der Waals surface area contributed by atoms with Crippen LogP contribution in [0.15, 0.2) is 66.5 Å². The molecule has 0 atom stereocenters. The van der Waals surface area contributed by atoms with Gasteiger partial charge < -0.3 is 10.2 Å². The van der Waals surface area contributed by atoms with Gasteiger partial charge >= 0.3 is 0 Å². The zero-order valence-electron chi connectivity index (χ0n) is 10.3. The number of amides is 1. The second-order valence-corrected chi connectivity index (χ2v) is 4.27. The molecule has 1 aliphatic heterocycles. The molecule has 0 saturated carbocycles. The lowest BCUT2D eigenvalue weighted by Gasteiger charge is -2.16. The topological polar surface area (TPSA) is 45.2 Å². The first-order valence-electron chi connectivity index (χ1n) is 6.08. The van der Waals surface area contributed by atoms with Gasteiger partial charge in [-0.3, -0.25) is 4.79 Å². The van der Waals surface area contributed by atoms with Crippen molar-refractivity contribution in [3.63, 3.8) is 0 Å². The fraction of sp³-hybridized carbons (Fsp3) is 0.0667. The number of nitrogens with one attached hydrogen (secondary N) is 1. The molecular formula is C15H13N3O. The van der Waals surface area contributed by atoms with Crippen LogP contribution in [0, 0.1) is 0 Å². The molecule has 4 nitrogen and oxygen atoms in total. The molecule has 0 unspecified atom stereocenters. The number of hydrogen-bond acceptors (Lipinski definition) is 3. The summed E-state index contributed by atoms with van der Waals surface area (Å²) in [5, 5.41) is 3.16. The maximum Gasteiger partial charge on any atom is 0.253 e. The van der Waals surface area contributed by atoms with E-state index in [0.29, 0.717) is 6.54 Å². The minimum absolute atomic E-state index is 0.00960. The van der Waals surface area contributed by atoms with E-state index in [2.05, 4.69) is 10.3 Å². The Bertz CT molecular complexity index is 608. The number of nitrogens with zero attached hydrogens (tertiary/aromatic N) is 2. The van der Waals surface area contributed by atoms with Crippen molar-refractivity contribution >= 4 is 17.4 Å². The Morgan fingerprint density at radius 1 is 1.05 bits per heavy atom. The number of anilines is 2. The van der Waals surface area contributed by atoms with Crippen LogP contribution in [0.5, 0.6) is 0 Å². The van der Waals surface area contributed by atoms with Crippen LogP contribution in [0.25, 0.3) is 0 Å². The van der Waals surface area contributed by atoms with E-state index < -0.39 is 0 Å². The highest BCUT2D eigenvalue weighted by Crippen LogP contribution is 2.21. The lowest BCUT2D eigenvalue weighted by Crippen LogP contribution is -2.25. The molecule has 19 heavy (non-hydrogen) atoms. The van der Waals surface area contributed by atoms with Crippen molar-refractivity contribution in [3.8, 4) is 0 Å². The Kier molecular flexibility index (Phi) is 2.98. The van der Waals surface area contributed by atoms with Crippen LogP contribution < -0.4 is 10.2 Å². The van der Waals surface area contributed by atoms with Gasteiger partial charge in [-0.2, -0.15) is 0 Å². The van der Waals surface area contributed by atoms with Crippen molar-refractivity contribution in [1.29, 1.82) is 0 Å². The van der Waals surface area contributed by atoms with Crippen molar-refractivity contribution in [2.24, 2.45) is 0 Å². The van der Waals surface area contributed by atoms with Crippen molar-refractivity contribution in [2.45, 2.75) is 0 Å². The molecule has 1 aliphatic rings. The fourth-order valence-corrected chi connectivity index (χ4v) is 2.02. The Balaban J connectivity index is 1.74. The zero-order valence-corrected chi connectivity index (χ0v) is 10.3. The maximum absolute atomic E-state index is 12.0. The minimum atomic E-state index is -0.00960. The van der Waals surface area contributed by atoms with E-state index in [4.69, 9.17) is 0 Å². The van der Waals surface area contributed by atoms with E-state index in [1.807, 2.05) is 48.5 Å². The molecule has 2 heterocycles. The number of rotatable bonds is 3. The van der Waals surface area contributed by atoms with Crippen molar-refractivity contribution in [3.05, 3.63) is 66.5 Å². The molecular weight excluding hydrogens is 238 g/mol. The van der Waals surface area contributed by atoms with Gasteiger partial charge in [-0.25, -0.2) is 4.98 Å². The standard InChI is InChI=1S/C15H13N3O/c19-15-10-12(17-14-8-4-5-9-16-14)11-18(15)13-6-2-1-3-7-13/h1-10H,11H2,(H,16,17). The van der Waals surface area contributed by atoms with Crippen LogP contribution in [0.2, 0.25) is 0 Å². The molecule has 0 bridgehead atoms. The van der Waals surface area contributed by atoms with Crippen LogP contribution >= 0.6 is 0 Å². The summed E-state index contributed by atoms with van der Waals surface area (Å²) in [4.78, 5) is 17.9. The summed E-state index contributed by atoms with van der Waals surface area (Å²) >= 11 is 0. The van der Waals surface area contributed by atoms with E-state index >= 15 is 0 Å². The summed E-state index contributed by atoms with van der Waals surface area (Å²) in [5.41, 5.74) is 1.76. The molecule has 0 aliphatic carbocycles. The summed E-state index contributed by atoms with van der Waals surface area (Å²) in [6, 6.07) is 15.3. The van der Waals surface area contributed by atoms with Gasteiger partial charge in [0.05, 0.1) is 6.54 Å². The summed E-state index contributed by atoms with van der Waals surface area (Å²) < 4.78 is 0. The molecule has 1 N–H and O–H groups in total. The van der Waals surface area contributed by atoms with E-state index in [1.54, 1.807) is 17.2 Å². The van der Waals surface area contributed by atoms with E-state index in [0.717, 1.165) is 17.2 Å². The Morgan fingerprint density at radius 3 is 2.58 bits per heavy atom. The van der Waals surface area contributed by atoms with Gasteiger partial charge in [0.15, 0.2) is 0 Å². The molecule has 94 valence electrons. The smallest absolute Gasteiger partial charge is 0.253 e. The van der Waals surface area contributed by atoms with Gasteiger partial charge in [0.25, 0.3) is 5.91 Å². The SMILES string of the molecule is O=C1C=C(Nc2ccccn2)CN1c1ccccc1. The number of hydrogen-bond donors (Lipinski definition) is 1. The summed E-state index contributed by atoms with van der Waals surface area (Å²) in [6.45, 7) is 0.541. The molecule has 4 heteroatoms. The lowest BCUT2D eigenvalue weighted by atomic mass is 10.3. The maximum atomic E-state index is 12.0. The molecule has 0 saturated heterocycles. The van der Waals surface area contributed by atoms with Crippen LogP contribution in [-0.2, 0) is 4.79 Å². The highest BCUT2D eigenvalue weighted by atomic mass is 16.2. The lowest BCUT2D eigenvalue weighted by molar-refractivity contribution is -0.113. The van der Waals surface area contributed by atoms with Gasteiger partial charge in [-0.15, -0.1) is 0 Å². The summed E-state index contributed by atoms with van der Waals surface area (Å²) in [7, 11) is 0. The molecule has 0 fully saturated rings. The van der Waals surface area contributed by atoms with Crippen molar-refractivity contribution in [2.75, 3.05) is 16.8 Å². The van der Waals surface area contributed by atoms with E-state index in [-0.39, 0.29) is 5.91 Å². The fourth-order valence-electron chi connectivity index (χ4n) is 2.02. The number of carbonyl (C=O) groups excluding carboxylic acids is 1. The van der Waals surface area contributed by atoms with Gasteiger partial charge in [0.1, 0.15) is 5.82 Å². The van der Waals surface area contributed by atoms with Crippen LogP contribution in [-0.4, -0.2) is 17.4 Å². The molecule has 2 aromatic rings. The highest BCUT2D eigenvalue weighted by molar-refractivity contribution is 6.05. The van der Waals surface area contributed by atoms with Gasteiger partial charge in [0, 0.05) is 23.7 Å². The molecule has 1 aromatic heterocycles. The minimum Gasteiger partial charge on any atom is -0.342 e. The molecule has 0 radical (unpaired) electrons. The van der Waals surface area contributed by atoms with Crippen LogP contribution in [0.4, 0.5) is 11.5 Å². The van der Waals surface area contributed by atoms with Crippen LogP contribution in [0.1, 0.15) is 0 Å². The highest BCUT2D eigenvalue weighted by Gasteiger charge is 2.22. The molecule has 1 amide bonds. The number of pyridine rings is 1.